The fourth-order valence-electron chi connectivity index (χ4n) is 2.21. The maximum atomic E-state index is 13.2. The lowest BCUT2D eigenvalue weighted by Gasteiger charge is -2.09. The van der Waals surface area contributed by atoms with Crippen LogP contribution < -0.4 is 10.6 Å². The van der Waals surface area contributed by atoms with Crippen LogP contribution in [0.1, 0.15) is 15.9 Å². The molecule has 0 spiro atoms. The highest BCUT2D eigenvalue weighted by Crippen LogP contribution is 2.18. The van der Waals surface area contributed by atoms with E-state index in [0.717, 1.165) is 5.56 Å². The Balaban J connectivity index is 1.74. The maximum Gasteiger partial charge on any atom is 0.257 e. The second-order valence-electron chi connectivity index (χ2n) is 5.42. The minimum Gasteiger partial charge on any atom is -0.354 e. The molecule has 24 heavy (non-hydrogen) atoms. The molecular weight excluding hydrogens is 305 g/mol. The molecule has 120 valence electrons. The molecule has 0 bridgehead atoms. The van der Waals surface area contributed by atoms with Gasteiger partial charge in [0.15, 0.2) is 0 Å². The summed E-state index contributed by atoms with van der Waals surface area (Å²) in [5.74, 6) is -0.588. The van der Waals surface area contributed by atoms with Crippen LogP contribution in [0.5, 0.6) is 0 Å². The van der Waals surface area contributed by atoms with E-state index in [4.69, 9.17) is 0 Å². The summed E-state index contributed by atoms with van der Waals surface area (Å²) in [6, 6.07) is 15.3. The van der Waals surface area contributed by atoms with Gasteiger partial charge in [0.1, 0.15) is 5.82 Å². The van der Waals surface area contributed by atoms with Crippen LogP contribution in [-0.4, -0.2) is 10.9 Å². The van der Waals surface area contributed by atoms with Gasteiger partial charge in [-0.2, -0.15) is 0 Å². The molecule has 2 N–H and O–H groups in total. The lowest BCUT2D eigenvalue weighted by atomic mass is 10.2. The predicted octanol–water partition coefficient (Wildman–Crippen LogP) is 4.53. The Hall–Kier alpha value is -3.21. The molecule has 0 atom stereocenters. The second kappa shape index (κ2) is 6.91. The van der Waals surface area contributed by atoms with Gasteiger partial charge in [0.25, 0.3) is 5.91 Å². The Kier molecular flexibility index (Phi) is 4.52. The summed E-state index contributed by atoms with van der Waals surface area (Å²) in [6.45, 7) is 1.98. The van der Waals surface area contributed by atoms with Crippen molar-refractivity contribution in [2.75, 3.05) is 10.6 Å². The fourth-order valence-corrected chi connectivity index (χ4v) is 2.21. The lowest BCUT2D eigenvalue weighted by Crippen LogP contribution is -2.12. The Labute approximate surface area is 139 Å². The standard InChI is InChI=1S/C19H16FN3O/c1-13-5-7-16(8-6-13)23-19(24)14-9-18(12-21-11-14)22-17-4-2-3-15(20)10-17/h2-12,22H,1H3,(H,23,24). The third kappa shape index (κ3) is 3.95. The Bertz CT molecular complexity index is 862. The smallest absolute Gasteiger partial charge is 0.257 e. The first kappa shape index (κ1) is 15.7. The van der Waals surface area contributed by atoms with Crippen LogP contribution in [0.25, 0.3) is 0 Å². The third-order valence-electron chi connectivity index (χ3n) is 3.42. The molecule has 0 fully saturated rings. The predicted molar refractivity (Wildman–Crippen MR) is 93.1 cm³/mol. The van der Waals surface area contributed by atoms with Crippen molar-refractivity contribution >= 4 is 23.0 Å². The number of benzene rings is 2. The highest BCUT2D eigenvalue weighted by Gasteiger charge is 2.08. The van der Waals surface area contributed by atoms with Gasteiger partial charge >= 0.3 is 0 Å². The van der Waals surface area contributed by atoms with E-state index in [1.54, 1.807) is 24.4 Å². The molecule has 0 aliphatic heterocycles. The van der Waals surface area contributed by atoms with Crippen LogP contribution >= 0.6 is 0 Å². The average molecular weight is 321 g/mol. The number of nitrogens with one attached hydrogen (secondary N) is 2. The summed E-state index contributed by atoms with van der Waals surface area (Å²) in [4.78, 5) is 16.4. The van der Waals surface area contributed by atoms with Crippen molar-refractivity contribution in [1.82, 2.24) is 4.98 Å². The van der Waals surface area contributed by atoms with Crippen LogP contribution in [0.2, 0.25) is 0 Å². The number of aromatic nitrogens is 1. The largest absolute Gasteiger partial charge is 0.354 e. The van der Waals surface area contributed by atoms with Gasteiger partial charge in [-0.25, -0.2) is 4.39 Å². The van der Waals surface area contributed by atoms with Gasteiger partial charge in [-0.15, -0.1) is 0 Å². The summed E-state index contributed by atoms with van der Waals surface area (Å²) in [5.41, 5.74) is 3.45. The lowest BCUT2D eigenvalue weighted by molar-refractivity contribution is 0.102. The van der Waals surface area contributed by atoms with Gasteiger partial charge in [0, 0.05) is 17.6 Å². The van der Waals surface area contributed by atoms with E-state index < -0.39 is 0 Å². The minimum atomic E-state index is -0.332. The zero-order valence-corrected chi connectivity index (χ0v) is 13.1. The van der Waals surface area contributed by atoms with Crippen LogP contribution in [0.4, 0.5) is 21.5 Å². The summed E-state index contributed by atoms with van der Waals surface area (Å²) >= 11 is 0. The van der Waals surface area contributed by atoms with Gasteiger partial charge in [0.2, 0.25) is 0 Å². The van der Waals surface area contributed by atoms with Gasteiger partial charge < -0.3 is 10.6 Å². The molecule has 0 aliphatic rings. The van der Waals surface area contributed by atoms with Gasteiger partial charge in [-0.05, 0) is 43.3 Å². The summed E-state index contributed by atoms with van der Waals surface area (Å²) < 4.78 is 13.2. The molecule has 2 aromatic carbocycles. The maximum absolute atomic E-state index is 13.2. The highest BCUT2D eigenvalue weighted by atomic mass is 19.1. The van der Waals surface area contributed by atoms with E-state index in [0.29, 0.717) is 22.6 Å². The van der Waals surface area contributed by atoms with E-state index in [1.807, 2.05) is 31.2 Å². The zero-order chi connectivity index (χ0) is 16.9. The van der Waals surface area contributed by atoms with Crippen molar-refractivity contribution < 1.29 is 9.18 Å². The molecule has 1 amide bonds. The number of hydrogen-bond donors (Lipinski definition) is 2. The number of halogens is 1. The molecule has 3 aromatic rings. The van der Waals surface area contributed by atoms with E-state index in [9.17, 15) is 9.18 Å². The van der Waals surface area contributed by atoms with Gasteiger partial charge in [0.05, 0.1) is 17.4 Å². The van der Waals surface area contributed by atoms with Crippen LogP contribution in [0.15, 0.2) is 67.0 Å². The normalized spacial score (nSPS) is 10.2. The summed E-state index contributed by atoms with van der Waals surface area (Å²) in [6.07, 6.45) is 3.06. The number of carbonyl (C=O) groups excluding carboxylic acids is 1. The molecule has 1 aromatic heterocycles. The molecule has 0 unspecified atom stereocenters. The van der Waals surface area contributed by atoms with Crippen LogP contribution in [0, 0.1) is 12.7 Å². The molecule has 5 heteroatoms. The van der Waals surface area contributed by atoms with E-state index in [-0.39, 0.29) is 11.7 Å². The second-order valence-corrected chi connectivity index (χ2v) is 5.42. The highest BCUT2D eigenvalue weighted by molar-refractivity contribution is 6.04. The minimum absolute atomic E-state index is 0.255. The molecule has 0 aliphatic carbocycles. The number of aryl methyl sites for hydroxylation is 1. The first-order chi connectivity index (χ1) is 11.6. The Morgan fingerprint density at radius 2 is 1.75 bits per heavy atom. The molecule has 4 nitrogen and oxygen atoms in total. The Morgan fingerprint density at radius 3 is 2.50 bits per heavy atom. The Morgan fingerprint density at radius 1 is 0.958 bits per heavy atom. The van der Waals surface area contributed by atoms with Crippen molar-refractivity contribution in [3.8, 4) is 0 Å². The van der Waals surface area contributed by atoms with E-state index in [1.165, 1.54) is 18.3 Å². The van der Waals surface area contributed by atoms with Crippen molar-refractivity contribution in [1.29, 1.82) is 0 Å². The third-order valence-corrected chi connectivity index (χ3v) is 3.42. The van der Waals surface area contributed by atoms with E-state index >= 15 is 0 Å². The van der Waals surface area contributed by atoms with Crippen molar-refractivity contribution in [2.45, 2.75) is 6.92 Å². The zero-order valence-electron chi connectivity index (χ0n) is 13.1. The number of rotatable bonds is 4. The van der Waals surface area contributed by atoms with Crippen LogP contribution in [0.3, 0.4) is 0 Å². The number of pyridine rings is 1. The fraction of sp³-hybridized carbons (Fsp3) is 0.0526. The quantitative estimate of drug-likeness (QED) is 0.742. The monoisotopic (exact) mass is 321 g/mol. The van der Waals surface area contributed by atoms with Crippen molar-refractivity contribution in [3.05, 3.63) is 83.9 Å². The molecule has 1 heterocycles. The molecule has 0 radical (unpaired) electrons. The topological polar surface area (TPSA) is 54.0 Å². The first-order valence-electron chi connectivity index (χ1n) is 7.46. The summed E-state index contributed by atoms with van der Waals surface area (Å²) in [7, 11) is 0. The molecule has 0 saturated carbocycles. The molecule has 0 saturated heterocycles. The van der Waals surface area contributed by atoms with Crippen molar-refractivity contribution in [3.63, 3.8) is 0 Å². The molecule has 3 rings (SSSR count). The average Bonchev–Trinajstić information content (AvgIpc) is 2.57. The van der Waals surface area contributed by atoms with E-state index in [2.05, 4.69) is 15.6 Å². The SMILES string of the molecule is Cc1ccc(NC(=O)c2cncc(Nc3cccc(F)c3)c2)cc1. The number of hydrogen-bond acceptors (Lipinski definition) is 3. The first-order valence-corrected chi connectivity index (χ1v) is 7.46. The molecular formula is C19H16FN3O. The van der Waals surface area contributed by atoms with Gasteiger partial charge in [-0.3, -0.25) is 9.78 Å². The van der Waals surface area contributed by atoms with Crippen LogP contribution in [-0.2, 0) is 0 Å². The number of amides is 1. The van der Waals surface area contributed by atoms with Gasteiger partial charge in [-0.1, -0.05) is 23.8 Å². The summed E-state index contributed by atoms with van der Waals surface area (Å²) in [5, 5.41) is 5.85. The number of carbonyl (C=O) groups is 1. The van der Waals surface area contributed by atoms with Crippen molar-refractivity contribution in [2.24, 2.45) is 0 Å². The number of nitrogens with zero attached hydrogens (tertiary/aromatic N) is 1. The number of anilines is 3.